The number of amides is 1. The summed E-state index contributed by atoms with van der Waals surface area (Å²) in [6.45, 7) is 10.9. The van der Waals surface area contributed by atoms with E-state index >= 15 is 0 Å². The Balaban J connectivity index is 4.12. The lowest BCUT2D eigenvalue weighted by Gasteiger charge is -2.27. The molecule has 0 aromatic carbocycles. The molecule has 96 valence electrons. The second-order valence-corrected chi connectivity index (χ2v) is 5.14. The molecule has 0 aromatic heterocycles. The molecule has 0 aliphatic carbocycles. The molecular weight excluding hydrogens is 206 g/mol. The van der Waals surface area contributed by atoms with Gasteiger partial charge in [-0.15, -0.1) is 0 Å². The molecule has 0 radical (unpaired) electrons. The third kappa shape index (κ3) is 6.67. The molecule has 1 N–H and O–H groups in total. The van der Waals surface area contributed by atoms with Crippen molar-refractivity contribution in [2.45, 2.75) is 46.6 Å². The SMILES string of the molecule is CCN(CCC(C)CO)C(=O)OC(C)(C)C. The van der Waals surface area contributed by atoms with Gasteiger partial charge in [0, 0.05) is 19.7 Å². The Bertz CT molecular complexity index is 211. The lowest BCUT2D eigenvalue weighted by molar-refractivity contribution is 0.0246. The topological polar surface area (TPSA) is 49.8 Å². The molecule has 0 saturated heterocycles. The largest absolute Gasteiger partial charge is 0.444 e. The van der Waals surface area contributed by atoms with Gasteiger partial charge in [0.2, 0.25) is 0 Å². The first-order valence-corrected chi connectivity index (χ1v) is 5.89. The number of hydrogen-bond donors (Lipinski definition) is 1. The van der Waals surface area contributed by atoms with E-state index in [2.05, 4.69) is 0 Å². The van der Waals surface area contributed by atoms with Crippen LogP contribution in [0.25, 0.3) is 0 Å². The van der Waals surface area contributed by atoms with Gasteiger partial charge in [-0.2, -0.15) is 0 Å². The van der Waals surface area contributed by atoms with E-state index in [0.717, 1.165) is 6.42 Å². The Hall–Kier alpha value is -0.770. The van der Waals surface area contributed by atoms with Gasteiger partial charge in [-0.25, -0.2) is 4.79 Å². The predicted molar refractivity (Wildman–Crippen MR) is 64.3 cm³/mol. The van der Waals surface area contributed by atoms with Crippen molar-refractivity contribution in [1.29, 1.82) is 0 Å². The minimum atomic E-state index is -0.451. The highest BCUT2D eigenvalue weighted by molar-refractivity contribution is 5.68. The monoisotopic (exact) mass is 231 g/mol. The van der Waals surface area contributed by atoms with Crippen LogP contribution in [-0.2, 0) is 4.74 Å². The van der Waals surface area contributed by atoms with Gasteiger partial charge < -0.3 is 14.7 Å². The first-order valence-electron chi connectivity index (χ1n) is 5.89. The normalized spacial score (nSPS) is 13.4. The van der Waals surface area contributed by atoms with Crippen molar-refractivity contribution < 1.29 is 14.6 Å². The van der Waals surface area contributed by atoms with Crippen LogP contribution in [0, 0.1) is 5.92 Å². The molecular formula is C12H25NO3. The molecule has 0 saturated carbocycles. The molecule has 4 nitrogen and oxygen atoms in total. The first-order chi connectivity index (χ1) is 7.30. The lowest BCUT2D eigenvalue weighted by atomic mass is 10.1. The van der Waals surface area contributed by atoms with E-state index in [1.165, 1.54) is 0 Å². The standard InChI is InChI=1S/C12H25NO3/c1-6-13(8-7-10(2)9-14)11(15)16-12(3,4)5/h10,14H,6-9H2,1-5H3. The Morgan fingerprint density at radius 1 is 1.44 bits per heavy atom. The van der Waals surface area contributed by atoms with Crippen molar-refractivity contribution in [1.82, 2.24) is 4.90 Å². The minimum Gasteiger partial charge on any atom is -0.444 e. The summed E-state index contributed by atoms with van der Waals surface area (Å²) >= 11 is 0. The molecule has 0 bridgehead atoms. The summed E-state index contributed by atoms with van der Waals surface area (Å²) in [6.07, 6.45) is 0.518. The molecule has 0 aliphatic heterocycles. The molecule has 0 aromatic rings. The molecule has 4 heteroatoms. The van der Waals surface area contributed by atoms with Gasteiger partial charge in [0.15, 0.2) is 0 Å². The number of hydrogen-bond acceptors (Lipinski definition) is 3. The molecule has 1 unspecified atom stereocenters. The third-order valence-electron chi connectivity index (χ3n) is 2.24. The smallest absolute Gasteiger partial charge is 0.410 e. The zero-order valence-corrected chi connectivity index (χ0v) is 11.1. The van der Waals surface area contributed by atoms with Crippen LogP contribution in [0.15, 0.2) is 0 Å². The molecule has 0 aliphatic rings. The van der Waals surface area contributed by atoms with Crippen molar-refractivity contribution in [3.63, 3.8) is 0 Å². The quantitative estimate of drug-likeness (QED) is 0.789. The minimum absolute atomic E-state index is 0.159. The van der Waals surface area contributed by atoms with Gasteiger partial charge in [0.05, 0.1) is 0 Å². The average Bonchev–Trinajstić information content (AvgIpc) is 2.15. The van der Waals surface area contributed by atoms with Crippen molar-refractivity contribution in [3.8, 4) is 0 Å². The van der Waals surface area contributed by atoms with Gasteiger partial charge >= 0.3 is 6.09 Å². The molecule has 0 heterocycles. The highest BCUT2D eigenvalue weighted by atomic mass is 16.6. The maximum atomic E-state index is 11.7. The molecule has 1 atom stereocenters. The Morgan fingerprint density at radius 3 is 2.38 bits per heavy atom. The molecule has 0 spiro atoms. The van der Waals surface area contributed by atoms with Crippen molar-refractivity contribution in [3.05, 3.63) is 0 Å². The van der Waals surface area contributed by atoms with E-state index in [0.29, 0.717) is 13.1 Å². The van der Waals surface area contributed by atoms with Crippen LogP contribution in [0.3, 0.4) is 0 Å². The maximum absolute atomic E-state index is 11.7. The highest BCUT2D eigenvalue weighted by Gasteiger charge is 2.21. The van der Waals surface area contributed by atoms with E-state index in [4.69, 9.17) is 9.84 Å². The molecule has 0 rings (SSSR count). The predicted octanol–water partition coefficient (Wildman–Crippen LogP) is 2.26. The number of rotatable bonds is 5. The number of ether oxygens (including phenoxy) is 1. The number of aliphatic hydroxyl groups is 1. The van der Waals surface area contributed by atoms with Crippen LogP contribution in [0.2, 0.25) is 0 Å². The Kier molecular flexibility index (Phi) is 6.41. The highest BCUT2D eigenvalue weighted by Crippen LogP contribution is 2.11. The fourth-order valence-electron chi connectivity index (χ4n) is 1.17. The average molecular weight is 231 g/mol. The van der Waals surface area contributed by atoms with Gasteiger partial charge in [0.25, 0.3) is 0 Å². The zero-order chi connectivity index (χ0) is 12.8. The van der Waals surface area contributed by atoms with Crippen LogP contribution < -0.4 is 0 Å². The zero-order valence-electron chi connectivity index (χ0n) is 11.1. The fraction of sp³-hybridized carbons (Fsp3) is 0.917. The van der Waals surface area contributed by atoms with Gasteiger partial charge in [-0.3, -0.25) is 0 Å². The van der Waals surface area contributed by atoms with E-state index in [1.54, 1.807) is 4.90 Å². The second-order valence-electron chi connectivity index (χ2n) is 5.14. The molecule has 1 amide bonds. The van der Waals surface area contributed by atoms with E-state index < -0.39 is 5.60 Å². The van der Waals surface area contributed by atoms with Crippen molar-refractivity contribution in [2.24, 2.45) is 5.92 Å². The van der Waals surface area contributed by atoms with Crippen LogP contribution >= 0.6 is 0 Å². The van der Waals surface area contributed by atoms with E-state index in [1.807, 2.05) is 34.6 Å². The van der Waals surface area contributed by atoms with Gasteiger partial charge in [0.1, 0.15) is 5.60 Å². The van der Waals surface area contributed by atoms with Crippen LogP contribution in [-0.4, -0.2) is 41.4 Å². The summed E-state index contributed by atoms with van der Waals surface area (Å²) in [7, 11) is 0. The fourth-order valence-corrected chi connectivity index (χ4v) is 1.17. The Morgan fingerprint density at radius 2 is 2.00 bits per heavy atom. The van der Waals surface area contributed by atoms with Crippen molar-refractivity contribution >= 4 is 6.09 Å². The van der Waals surface area contributed by atoms with Crippen LogP contribution in [0.4, 0.5) is 4.79 Å². The Labute approximate surface area is 98.6 Å². The van der Waals surface area contributed by atoms with E-state index in [-0.39, 0.29) is 18.6 Å². The summed E-state index contributed by atoms with van der Waals surface area (Å²) in [5.74, 6) is 0.219. The van der Waals surface area contributed by atoms with Gasteiger partial charge in [-0.05, 0) is 40.0 Å². The van der Waals surface area contributed by atoms with Gasteiger partial charge in [-0.1, -0.05) is 6.92 Å². The summed E-state index contributed by atoms with van der Waals surface area (Å²) in [4.78, 5) is 13.4. The summed E-state index contributed by atoms with van der Waals surface area (Å²) < 4.78 is 5.28. The number of carbonyl (C=O) groups is 1. The summed E-state index contributed by atoms with van der Waals surface area (Å²) in [5, 5.41) is 8.91. The second kappa shape index (κ2) is 6.74. The number of aliphatic hydroxyl groups excluding tert-OH is 1. The number of carbonyl (C=O) groups excluding carboxylic acids is 1. The summed E-state index contributed by atoms with van der Waals surface area (Å²) in [6, 6.07) is 0. The summed E-state index contributed by atoms with van der Waals surface area (Å²) in [5.41, 5.74) is -0.451. The third-order valence-corrected chi connectivity index (χ3v) is 2.24. The van der Waals surface area contributed by atoms with E-state index in [9.17, 15) is 4.79 Å². The van der Waals surface area contributed by atoms with Crippen LogP contribution in [0.1, 0.15) is 41.0 Å². The first kappa shape index (κ1) is 15.2. The van der Waals surface area contributed by atoms with Crippen molar-refractivity contribution in [2.75, 3.05) is 19.7 Å². The molecule has 0 fully saturated rings. The maximum Gasteiger partial charge on any atom is 0.410 e. The van der Waals surface area contributed by atoms with Crippen LogP contribution in [0.5, 0.6) is 0 Å². The number of nitrogens with zero attached hydrogens (tertiary/aromatic N) is 1. The lowest BCUT2D eigenvalue weighted by Crippen LogP contribution is -2.37. The molecule has 16 heavy (non-hydrogen) atoms.